The average molecular weight is 515 g/mol. The number of ether oxygens (including phenoxy) is 4. The number of hydrogen-bond donors (Lipinski definition) is 1. The van der Waals surface area contributed by atoms with Crippen LogP contribution in [0.3, 0.4) is 0 Å². The third-order valence-electron chi connectivity index (χ3n) is 5.84. The molecule has 0 unspecified atom stereocenters. The molecule has 1 saturated heterocycles. The third-order valence-corrected chi connectivity index (χ3v) is 6.11. The zero-order valence-electron chi connectivity index (χ0n) is 19.9. The molecule has 1 aromatic heterocycles. The van der Waals surface area contributed by atoms with Gasteiger partial charge in [-0.05, 0) is 18.1 Å². The first kappa shape index (κ1) is 25.8. The number of rotatable bonds is 9. The summed E-state index contributed by atoms with van der Waals surface area (Å²) in [5.41, 5.74) is -0.748. The van der Waals surface area contributed by atoms with Crippen LogP contribution < -0.4 is 11.2 Å². The van der Waals surface area contributed by atoms with E-state index in [4.69, 9.17) is 30.5 Å². The number of hydrogen-bond acceptors (Lipinski definition) is 7. The summed E-state index contributed by atoms with van der Waals surface area (Å²) >= 11 is 6.00. The fourth-order valence-corrected chi connectivity index (χ4v) is 4.33. The summed E-state index contributed by atoms with van der Waals surface area (Å²) in [7, 11) is 0. The Balaban J connectivity index is 1.66. The van der Waals surface area contributed by atoms with Crippen molar-refractivity contribution in [3.63, 3.8) is 0 Å². The number of nitrogens with one attached hydrogen (secondary N) is 1. The Hall–Kier alpha value is -3.24. The van der Waals surface area contributed by atoms with E-state index in [-0.39, 0.29) is 18.2 Å². The van der Waals surface area contributed by atoms with Crippen molar-refractivity contribution in [1.82, 2.24) is 9.55 Å². The first-order valence-corrected chi connectivity index (χ1v) is 11.8. The normalized spacial score (nSPS) is 23.5. The molecule has 0 amide bonds. The standard InChI is InChI=1S/C26H27ClN2O7/c1-17(30)35-21-22(34-15-19-11-7-4-8-12-19)26(2,16-33-14-18-9-5-3-6-10-18)36-24(21)29-13-20(27)23(31)28-25(29)32/h3-13,21-22,24H,14-16H2,1-2H3,(H,28,31,32)/t21-,22+,24-,26-/m1/s1. The molecule has 4 rings (SSSR count). The van der Waals surface area contributed by atoms with Crippen LogP contribution in [0.5, 0.6) is 0 Å². The van der Waals surface area contributed by atoms with Gasteiger partial charge in [0, 0.05) is 13.1 Å². The van der Waals surface area contributed by atoms with Gasteiger partial charge in [0.15, 0.2) is 12.3 Å². The van der Waals surface area contributed by atoms with Gasteiger partial charge in [-0.1, -0.05) is 72.3 Å². The highest BCUT2D eigenvalue weighted by molar-refractivity contribution is 6.30. The highest BCUT2D eigenvalue weighted by atomic mass is 35.5. The van der Waals surface area contributed by atoms with Gasteiger partial charge in [-0.25, -0.2) is 4.79 Å². The maximum absolute atomic E-state index is 12.7. The molecule has 10 heteroatoms. The molecule has 0 radical (unpaired) electrons. The van der Waals surface area contributed by atoms with E-state index in [9.17, 15) is 14.4 Å². The molecule has 9 nitrogen and oxygen atoms in total. The molecule has 0 bridgehead atoms. The topological polar surface area (TPSA) is 109 Å². The van der Waals surface area contributed by atoms with E-state index >= 15 is 0 Å². The van der Waals surface area contributed by atoms with Crippen LogP contribution in [0.2, 0.25) is 5.02 Å². The third kappa shape index (κ3) is 5.93. The van der Waals surface area contributed by atoms with E-state index in [0.29, 0.717) is 6.61 Å². The zero-order chi connectivity index (χ0) is 25.7. The lowest BCUT2D eigenvalue weighted by Gasteiger charge is -2.31. The van der Waals surface area contributed by atoms with Gasteiger partial charge in [-0.15, -0.1) is 0 Å². The van der Waals surface area contributed by atoms with Gasteiger partial charge in [-0.3, -0.25) is 19.1 Å². The second-order valence-corrected chi connectivity index (χ2v) is 9.14. The fraction of sp³-hybridized carbons (Fsp3) is 0.346. The first-order chi connectivity index (χ1) is 17.3. The summed E-state index contributed by atoms with van der Waals surface area (Å²) in [6, 6.07) is 19.1. The summed E-state index contributed by atoms with van der Waals surface area (Å²) in [6.45, 7) is 3.62. The van der Waals surface area contributed by atoms with E-state index in [1.165, 1.54) is 6.92 Å². The average Bonchev–Trinajstić information content (AvgIpc) is 3.12. The number of carbonyl (C=O) groups excluding carboxylic acids is 1. The van der Waals surface area contributed by atoms with Gasteiger partial charge in [0.25, 0.3) is 5.56 Å². The van der Waals surface area contributed by atoms with Crippen molar-refractivity contribution >= 4 is 17.6 Å². The Morgan fingerprint density at radius 2 is 1.67 bits per heavy atom. The van der Waals surface area contributed by atoms with E-state index in [0.717, 1.165) is 21.9 Å². The number of aromatic amines is 1. The summed E-state index contributed by atoms with van der Waals surface area (Å²) < 4.78 is 25.3. The largest absolute Gasteiger partial charge is 0.455 e. The molecule has 4 atom stereocenters. The van der Waals surface area contributed by atoms with Crippen LogP contribution in [0, 0.1) is 0 Å². The van der Waals surface area contributed by atoms with Crippen molar-refractivity contribution in [2.24, 2.45) is 0 Å². The second kappa shape index (κ2) is 11.2. The van der Waals surface area contributed by atoms with Crippen molar-refractivity contribution in [3.8, 4) is 0 Å². The molecule has 36 heavy (non-hydrogen) atoms. The Bertz CT molecular complexity index is 1290. The van der Waals surface area contributed by atoms with Crippen molar-refractivity contribution in [3.05, 3.63) is 104 Å². The predicted octanol–water partition coefficient (Wildman–Crippen LogP) is 3.21. The number of halogens is 1. The Morgan fingerprint density at radius 3 is 2.28 bits per heavy atom. The number of nitrogens with zero attached hydrogens (tertiary/aromatic N) is 1. The lowest BCUT2D eigenvalue weighted by atomic mass is 9.97. The second-order valence-electron chi connectivity index (χ2n) is 8.73. The van der Waals surface area contributed by atoms with Crippen LogP contribution >= 0.6 is 11.6 Å². The molecule has 2 aromatic carbocycles. The number of H-pyrrole nitrogens is 1. The number of benzene rings is 2. The van der Waals surface area contributed by atoms with Crippen molar-refractivity contribution in [2.45, 2.75) is 51.1 Å². The Kier molecular flexibility index (Phi) is 8.05. The number of aromatic nitrogens is 2. The van der Waals surface area contributed by atoms with Crippen molar-refractivity contribution < 1.29 is 23.7 Å². The van der Waals surface area contributed by atoms with E-state index in [1.54, 1.807) is 6.92 Å². The Labute approximate surface area is 212 Å². The highest BCUT2D eigenvalue weighted by Crippen LogP contribution is 2.41. The van der Waals surface area contributed by atoms with Crippen LogP contribution in [0.15, 0.2) is 76.4 Å². The minimum absolute atomic E-state index is 0.0709. The van der Waals surface area contributed by atoms with Crippen LogP contribution in [0.4, 0.5) is 0 Å². The highest BCUT2D eigenvalue weighted by Gasteiger charge is 2.56. The smallest absolute Gasteiger partial charge is 0.330 e. The molecule has 2 heterocycles. The SMILES string of the molecule is CC(=O)O[C@H]1[C@H](n2cc(Cl)c(=O)[nH]c2=O)O[C@](C)(COCc2ccccc2)[C@H]1OCc1ccccc1. The van der Waals surface area contributed by atoms with Gasteiger partial charge in [0.1, 0.15) is 16.7 Å². The van der Waals surface area contributed by atoms with E-state index < -0.39 is 41.3 Å². The van der Waals surface area contributed by atoms with Crippen molar-refractivity contribution in [1.29, 1.82) is 0 Å². The first-order valence-electron chi connectivity index (χ1n) is 11.4. The maximum Gasteiger partial charge on any atom is 0.330 e. The van der Waals surface area contributed by atoms with Gasteiger partial charge in [-0.2, -0.15) is 0 Å². The maximum atomic E-state index is 12.7. The zero-order valence-corrected chi connectivity index (χ0v) is 20.6. The molecule has 190 valence electrons. The minimum Gasteiger partial charge on any atom is -0.455 e. The minimum atomic E-state index is -1.13. The van der Waals surface area contributed by atoms with Gasteiger partial charge in [0.2, 0.25) is 0 Å². The molecule has 1 aliphatic heterocycles. The molecule has 0 spiro atoms. The summed E-state index contributed by atoms with van der Waals surface area (Å²) in [4.78, 5) is 38.7. The molecule has 3 aromatic rings. The van der Waals surface area contributed by atoms with Crippen LogP contribution in [0.1, 0.15) is 31.2 Å². The lowest BCUT2D eigenvalue weighted by Crippen LogP contribution is -2.47. The molecule has 1 N–H and O–H groups in total. The number of esters is 1. The Morgan fingerprint density at radius 1 is 1.06 bits per heavy atom. The van der Waals surface area contributed by atoms with E-state index in [2.05, 4.69) is 4.98 Å². The summed E-state index contributed by atoms with van der Waals surface area (Å²) in [5, 5.41) is -0.213. The molecule has 0 saturated carbocycles. The summed E-state index contributed by atoms with van der Waals surface area (Å²) in [6.07, 6.45) is -1.81. The monoisotopic (exact) mass is 514 g/mol. The fourth-order valence-electron chi connectivity index (χ4n) is 4.18. The molecular formula is C26H27ClN2O7. The van der Waals surface area contributed by atoms with Crippen LogP contribution in [0.25, 0.3) is 0 Å². The molecule has 0 aliphatic carbocycles. The predicted molar refractivity (Wildman–Crippen MR) is 132 cm³/mol. The quantitative estimate of drug-likeness (QED) is 0.437. The lowest BCUT2D eigenvalue weighted by molar-refractivity contribution is -0.159. The van der Waals surface area contributed by atoms with Crippen molar-refractivity contribution in [2.75, 3.05) is 6.61 Å². The van der Waals surface area contributed by atoms with Gasteiger partial charge >= 0.3 is 11.7 Å². The molecular weight excluding hydrogens is 488 g/mol. The van der Waals surface area contributed by atoms with Crippen LogP contribution in [-0.4, -0.2) is 39.9 Å². The summed E-state index contributed by atoms with van der Waals surface area (Å²) in [5.74, 6) is -0.583. The van der Waals surface area contributed by atoms with Gasteiger partial charge < -0.3 is 18.9 Å². The molecule has 1 aliphatic rings. The van der Waals surface area contributed by atoms with Gasteiger partial charge in [0.05, 0.1) is 19.8 Å². The number of carbonyl (C=O) groups is 1. The molecule has 1 fully saturated rings. The van der Waals surface area contributed by atoms with Crippen LogP contribution in [-0.2, 0) is 37.0 Å². The van der Waals surface area contributed by atoms with E-state index in [1.807, 2.05) is 60.7 Å².